The molecule has 9 nitrogen and oxygen atoms in total. The van der Waals surface area contributed by atoms with Crippen molar-refractivity contribution in [3.63, 3.8) is 0 Å². The number of carbonyl (C=O) groups excluding carboxylic acids is 1. The van der Waals surface area contributed by atoms with Crippen molar-refractivity contribution in [3.05, 3.63) is 93.7 Å². The maximum atomic E-state index is 12.3. The summed E-state index contributed by atoms with van der Waals surface area (Å²) in [5, 5.41) is 9.31. The van der Waals surface area contributed by atoms with Crippen molar-refractivity contribution in [2.75, 3.05) is 0 Å². The second-order valence-electron chi connectivity index (χ2n) is 6.31. The number of nitrogens with zero attached hydrogens (tertiary/aromatic N) is 3. The lowest BCUT2D eigenvalue weighted by Gasteiger charge is -2.07. The number of ether oxygens (including phenoxy) is 1. The number of H-pyrrole nitrogens is 2. The maximum absolute atomic E-state index is 12.3. The van der Waals surface area contributed by atoms with Gasteiger partial charge in [-0.05, 0) is 24.1 Å². The zero-order chi connectivity index (χ0) is 21.2. The first-order chi connectivity index (χ1) is 14.7. The molecule has 0 saturated heterocycles. The third-order valence-corrected chi connectivity index (χ3v) is 4.03. The molecule has 2 aromatic heterocycles. The largest absolute Gasteiger partial charge is 0.369 e. The third kappa shape index (κ3) is 6.08. The van der Waals surface area contributed by atoms with E-state index in [0.717, 1.165) is 11.1 Å². The van der Waals surface area contributed by atoms with Gasteiger partial charge in [0.05, 0.1) is 12.2 Å². The maximum Gasteiger partial charge on any atom is 0.287 e. The Morgan fingerprint density at radius 1 is 1.20 bits per heavy atom. The molecule has 1 amide bonds. The highest BCUT2D eigenvalue weighted by atomic mass is 16.5. The van der Waals surface area contributed by atoms with E-state index in [2.05, 4.69) is 30.5 Å². The molecular weight excluding hydrogens is 384 g/mol. The molecule has 0 atom stereocenters. The van der Waals surface area contributed by atoms with E-state index in [9.17, 15) is 9.59 Å². The lowest BCUT2D eigenvalue weighted by Crippen LogP contribution is -2.27. The molecular formula is C21H22N6O3. The Morgan fingerprint density at radius 2 is 2.07 bits per heavy atom. The van der Waals surface area contributed by atoms with Gasteiger partial charge in [-0.15, -0.1) is 0 Å². The summed E-state index contributed by atoms with van der Waals surface area (Å²) in [7, 11) is 0. The fraction of sp³-hybridized carbons (Fsp3) is 0.190. The van der Waals surface area contributed by atoms with Gasteiger partial charge in [0, 0.05) is 12.7 Å². The second-order valence-corrected chi connectivity index (χ2v) is 6.31. The van der Waals surface area contributed by atoms with Gasteiger partial charge in [-0.2, -0.15) is 5.10 Å². The predicted molar refractivity (Wildman–Crippen MR) is 111 cm³/mol. The van der Waals surface area contributed by atoms with E-state index >= 15 is 0 Å². The average Bonchev–Trinajstić information content (AvgIpc) is 3.27. The van der Waals surface area contributed by atoms with E-state index in [1.165, 1.54) is 12.5 Å². The van der Waals surface area contributed by atoms with Crippen molar-refractivity contribution < 1.29 is 9.53 Å². The molecule has 0 radical (unpaired) electrons. The smallest absolute Gasteiger partial charge is 0.287 e. The summed E-state index contributed by atoms with van der Waals surface area (Å²) in [4.78, 5) is 34.9. The van der Waals surface area contributed by atoms with E-state index < -0.39 is 5.91 Å². The number of aromatic amines is 2. The van der Waals surface area contributed by atoms with Gasteiger partial charge in [-0.1, -0.05) is 42.5 Å². The van der Waals surface area contributed by atoms with E-state index in [4.69, 9.17) is 4.74 Å². The van der Waals surface area contributed by atoms with Gasteiger partial charge in [0.25, 0.3) is 11.5 Å². The van der Waals surface area contributed by atoms with Crippen molar-refractivity contribution >= 4 is 12.0 Å². The van der Waals surface area contributed by atoms with Crippen LogP contribution in [0.4, 0.5) is 0 Å². The van der Waals surface area contributed by atoms with Crippen LogP contribution in [0.3, 0.4) is 0 Å². The molecule has 9 heteroatoms. The standard InChI is InChI=1S/C21H22N6O3/c1-2-3-4-8-17-11-22-19(26-20(17)28)21(29)23-10-15-6-5-7-16(9-15)12-30-13-18-24-14-25-27-18/h2-9,11,14H,10,12-13H2,1H3,(H,23,29)(H,22,26,28)(H,24,25,27)/b3-2-,8-4-. The van der Waals surface area contributed by atoms with Crippen LogP contribution in [-0.4, -0.2) is 31.1 Å². The number of carbonyl (C=O) groups is 1. The number of hydrogen-bond acceptors (Lipinski definition) is 6. The summed E-state index contributed by atoms with van der Waals surface area (Å²) in [5.74, 6) is 0.0970. The molecule has 0 spiro atoms. The molecule has 0 bridgehead atoms. The topological polar surface area (TPSA) is 126 Å². The van der Waals surface area contributed by atoms with Crippen molar-refractivity contribution in [2.45, 2.75) is 26.7 Å². The summed E-state index contributed by atoms with van der Waals surface area (Å²) in [6, 6.07) is 7.65. The quantitative estimate of drug-likeness (QED) is 0.468. The van der Waals surface area contributed by atoms with Crippen LogP contribution >= 0.6 is 0 Å². The SMILES string of the molecule is C/C=C\C=C/c1cnc(C(=O)NCc2cccc(COCc3nc[nH]n3)c2)[nH]c1=O. The van der Waals surface area contributed by atoms with Crippen LogP contribution in [0.1, 0.15) is 40.1 Å². The van der Waals surface area contributed by atoms with Crippen LogP contribution in [0.2, 0.25) is 0 Å². The fourth-order valence-corrected chi connectivity index (χ4v) is 2.57. The molecule has 0 unspecified atom stereocenters. The number of hydrogen-bond donors (Lipinski definition) is 3. The molecule has 0 saturated carbocycles. The number of rotatable bonds is 9. The van der Waals surface area contributed by atoms with Crippen LogP contribution in [-0.2, 0) is 24.5 Å². The number of amides is 1. The molecule has 3 rings (SSSR count). The molecule has 3 N–H and O–H groups in total. The lowest BCUT2D eigenvalue weighted by atomic mass is 10.1. The highest BCUT2D eigenvalue weighted by Gasteiger charge is 2.09. The first kappa shape index (κ1) is 20.9. The summed E-state index contributed by atoms with van der Waals surface area (Å²) in [6.07, 6.45) is 9.88. The Bertz CT molecular complexity index is 1090. The predicted octanol–water partition coefficient (Wildman–Crippen LogP) is 2.12. The van der Waals surface area contributed by atoms with E-state index in [-0.39, 0.29) is 11.4 Å². The normalized spacial score (nSPS) is 11.4. The minimum absolute atomic E-state index is 0.0332. The van der Waals surface area contributed by atoms with E-state index in [0.29, 0.717) is 31.1 Å². The Morgan fingerprint density at radius 3 is 2.83 bits per heavy atom. The van der Waals surface area contributed by atoms with Gasteiger partial charge >= 0.3 is 0 Å². The van der Waals surface area contributed by atoms with Crippen molar-refractivity contribution in [1.29, 1.82) is 0 Å². The molecule has 154 valence electrons. The first-order valence-corrected chi connectivity index (χ1v) is 9.33. The Balaban J connectivity index is 1.54. The molecule has 0 aliphatic rings. The van der Waals surface area contributed by atoms with Gasteiger partial charge in [0.15, 0.2) is 11.6 Å². The van der Waals surface area contributed by atoms with Crippen molar-refractivity contribution in [2.24, 2.45) is 0 Å². The third-order valence-electron chi connectivity index (χ3n) is 4.03. The minimum atomic E-state index is -0.456. The summed E-state index contributed by atoms with van der Waals surface area (Å²) in [5.41, 5.74) is 1.86. The Hall–Kier alpha value is -3.85. The number of nitrogens with one attached hydrogen (secondary N) is 3. The van der Waals surface area contributed by atoms with Crippen LogP contribution < -0.4 is 10.9 Å². The van der Waals surface area contributed by atoms with Crippen molar-refractivity contribution in [3.8, 4) is 0 Å². The monoisotopic (exact) mass is 406 g/mol. The van der Waals surface area contributed by atoms with Gasteiger partial charge in [-0.25, -0.2) is 9.97 Å². The number of aromatic nitrogens is 5. The summed E-state index contributed by atoms with van der Waals surface area (Å²) in [6.45, 7) is 2.87. The van der Waals surface area contributed by atoms with Crippen LogP contribution in [0.5, 0.6) is 0 Å². The molecule has 0 aliphatic heterocycles. The second kappa shape index (κ2) is 10.6. The zero-order valence-corrected chi connectivity index (χ0v) is 16.5. The number of allylic oxidation sites excluding steroid dienone is 3. The van der Waals surface area contributed by atoms with E-state index in [1.54, 1.807) is 18.2 Å². The molecule has 0 fully saturated rings. The Labute approximate surface area is 172 Å². The molecule has 3 aromatic rings. The highest BCUT2D eigenvalue weighted by Crippen LogP contribution is 2.08. The fourth-order valence-electron chi connectivity index (χ4n) is 2.57. The van der Waals surface area contributed by atoms with Crippen LogP contribution in [0, 0.1) is 0 Å². The van der Waals surface area contributed by atoms with E-state index in [1.807, 2.05) is 37.3 Å². The first-order valence-electron chi connectivity index (χ1n) is 9.33. The summed E-state index contributed by atoms with van der Waals surface area (Å²) < 4.78 is 5.58. The number of benzene rings is 1. The molecule has 2 heterocycles. The molecule has 30 heavy (non-hydrogen) atoms. The van der Waals surface area contributed by atoms with Crippen molar-refractivity contribution in [1.82, 2.24) is 30.5 Å². The van der Waals surface area contributed by atoms with Gasteiger partial charge in [0.1, 0.15) is 12.9 Å². The van der Waals surface area contributed by atoms with Crippen LogP contribution in [0.15, 0.2) is 59.8 Å². The highest BCUT2D eigenvalue weighted by molar-refractivity contribution is 5.90. The van der Waals surface area contributed by atoms with Gasteiger partial charge in [-0.3, -0.25) is 14.7 Å². The molecule has 1 aromatic carbocycles. The minimum Gasteiger partial charge on any atom is -0.369 e. The Kier molecular flexibility index (Phi) is 7.39. The average molecular weight is 406 g/mol. The van der Waals surface area contributed by atoms with Crippen LogP contribution in [0.25, 0.3) is 6.08 Å². The lowest BCUT2D eigenvalue weighted by molar-refractivity contribution is 0.0940. The summed E-state index contributed by atoms with van der Waals surface area (Å²) >= 11 is 0. The molecule has 0 aliphatic carbocycles. The van der Waals surface area contributed by atoms with Gasteiger partial charge in [0.2, 0.25) is 0 Å². The zero-order valence-electron chi connectivity index (χ0n) is 16.5. The van der Waals surface area contributed by atoms with Gasteiger partial charge < -0.3 is 15.0 Å².